The van der Waals surface area contributed by atoms with Crippen molar-refractivity contribution in [3.8, 4) is 0 Å². The first kappa shape index (κ1) is 16.4. The van der Waals surface area contributed by atoms with Gasteiger partial charge in [0.1, 0.15) is 21.4 Å². The van der Waals surface area contributed by atoms with E-state index < -0.39 is 49.2 Å². The number of halogens is 6. The highest BCUT2D eigenvalue weighted by Gasteiger charge is 2.87. The van der Waals surface area contributed by atoms with Crippen molar-refractivity contribution >= 4 is 87.0 Å². The number of alkyl halides is 4. The Hall–Kier alpha value is 0.490. The summed E-state index contributed by atoms with van der Waals surface area (Å²) >= 11 is 37.6. The number of carbonyl (C=O) groups is 3. The summed E-state index contributed by atoms with van der Waals surface area (Å²) in [5.41, 5.74) is 0. The quantitative estimate of drug-likeness (QED) is 0.491. The lowest BCUT2D eigenvalue weighted by molar-refractivity contribution is -0.136. The summed E-state index contributed by atoms with van der Waals surface area (Å²) in [5.74, 6) is -5.69. The van der Waals surface area contributed by atoms with Crippen molar-refractivity contribution in [1.82, 2.24) is 0 Å². The Balaban J connectivity index is 2.31. The van der Waals surface area contributed by atoms with Gasteiger partial charge in [0, 0.05) is 0 Å². The standard InChI is InChI=1S/C12H6Cl6O3/c1-2(19)3-6(20)4-5(7(3)21)11(16)9(14)8(13)10(4,15)12(11,17)18/h3-5H,1H3/t4-,5-,10-,11-/m1/s1. The Morgan fingerprint density at radius 3 is 1.52 bits per heavy atom. The van der Waals surface area contributed by atoms with Crippen LogP contribution in [-0.2, 0) is 14.4 Å². The highest BCUT2D eigenvalue weighted by Crippen LogP contribution is 2.78. The molecule has 0 aromatic rings. The minimum Gasteiger partial charge on any atom is -0.299 e. The van der Waals surface area contributed by atoms with Gasteiger partial charge in [0.25, 0.3) is 0 Å². The molecule has 0 aromatic heterocycles. The summed E-state index contributed by atoms with van der Waals surface area (Å²) in [5, 5.41) is -0.310. The molecule has 2 fully saturated rings. The molecule has 0 aliphatic heterocycles. The van der Waals surface area contributed by atoms with E-state index in [2.05, 4.69) is 0 Å². The van der Waals surface area contributed by atoms with Crippen LogP contribution in [0.2, 0.25) is 0 Å². The lowest BCUT2D eigenvalue weighted by Crippen LogP contribution is -2.48. The molecule has 0 spiro atoms. The first-order valence-electron chi connectivity index (χ1n) is 5.85. The summed E-state index contributed by atoms with van der Waals surface area (Å²) < 4.78 is -1.94. The van der Waals surface area contributed by atoms with Crippen molar-refractivity contribution in [3.05, 3.63) is 10.1 Å². The van der Waals surface area contributed by atoms with Gasteiger partial charge in [-0.15, -0.1) is 23.2 Å². The summed E-state index contributed by atoms with van der Waals surface area (Å²) in [6.07, 6.45) is 0. The number of hydrogen-bond acceptors (Lipinski definition) is 3. The molecule has 0 heterocycles. The van der Waals surface area contributed by atoms with E-state index in [0.717, 1.165) is 6.92 Å². The maximum Gasteiger partial charge on any atom is 0.167 e. The van der Waals surface area contributed by atoms with E-state index in [1.165, 1.54) is 0 Å². The smallest absolute Gasteiger partial charge is 0.167 e. The van der Waals surface area contributed by atoms with Gasteiger partial charge in [0.05, 0.1) is 21.9 Å². The average Bonchev–Trinajstić information content (AvgIpc) is 2.75. The monoisotopic (exact) mass is 408 g/mol. The first-order chi connectivity index (χ1) is 9.45. The zero-order valence-corrected chi connectivity index (χ0v) is 14.8. The van der Waals surface area contributed by atoms with Crippen LogP contribution in [0, 0.1) is 17.8 Å². The fraction of sp³-hybridized carbons (Fsp3) is 0.583. The Labute approximate surface area is 149 Å². The second-order valence-electron chi connectivity index (χ2n) is 5.43. The minimum atomic E-state index is -1.94. The van der Waals surface area contributed by atoms with Crippen molar-refractivity contribution in [1.29, 1.82) is 0 Å². The van der Waals surface area contributed by atoms with Crippen molar-refractivity contribution in [2.24, 2.45) is 17.8 Å². The molecule has 0 N–H and O–H groups in total. The maximum atomic E-state index is 12.5. The van der Waals surface area contributed by atoms with Gasteiger partial charge in [-0.05, 0) is 6.92 Å². The van der Waals surface area contributed by atoms with Crippen LogP contribution in [0.1, 0.15) is 6.92 Å². The second-order valence-corrected chi connectivity index (χ2v) is 8.71. The lowest BCUT2D eigenvalue weighted by atomic mass is 9.84. The van der Waals surface area contributed by atoms with Gasteiger partial charge in [-0.1, -0.05) is 46.4 Å². The van der Waals surface area contributed by atoms with E-state index in [9.17, 15) is 14.4 Å². The number of ketones is 3. The molecular weight excluding hydrogens is 405 g/mol. The number of Topliss-reactive ketones (excluding diaryl/α,β-unsaturated/α-hetero) is 3. The molecule has 0 saturated heterocycles. The largest absolute Gasteiger partial charge is 0.299 e. The molecule has 3 rings (SSSR count). The molecule has 0 amide bonds. The van der Waals surface area contributed by atoms with Crippen LogP contribution >= 0.6 is 69.6 Å². The molecule has 2 bridgehead atoms. The Kier molecular flexibility index (Phi) is 3.36. The lowest BCUT2D eigenvalue weighted by Gasteiger charge is -2.33. The average molecular weight is 411 g/mol. The van der Waals surface area contributed by atoms with Gasteiger partial charge in [-0.25, -0.2) is 0 Å². The van der Waals surface area contributed by atoms with Crippen molar-refractivity contribution in [2.45, 2.75) is 21.0 Å². The van der Waals surface area contributed by atoms with E-state index >= 15 is 0 Å². The normalized spacial score (nSPS) is 44.7. The minimum absolute atomic E-state index is 0.155. The number of carbonyl (C=O) groups excluding carboxylic acids is 3. The van der Waals surface area contributed by atoms with E-state index in [0.29, 0.717) is 0 Å². The number of allylic oxidation sites excluding steroid dienone is 2. The third-order valence-electron chi connectivity index (χ3n) is 4.52. The van der Waals surface area contributed by atoms with E-state index in [-0.39, 0.29) is 10.1 Å². The number of rotatable bonds is 1. The highest BCUT2D eigenvalue weighted by atomic mass is 35.5. The van der Waals surface area contributed by atoms with Crippen molar-refractivity contribution in [2.75, 3.05) is 0 Å². The van der Waals surface area contributed by atoms with Gasteiger partial charge in [-0.3, -0.25) is 14.4 Å². The van der Waals surface area contributed by atoms with Crippen LogP contribution in [0.3, 0.4) is 0 Å². The van der Waals surface area contributed by atoms with Gasteiger partial charge in [0.15, 0.2) is 15.9 Å². The second kappa shape index (κ2) is 4.31. The first-order valence-corrected chi connectivity index (χ1v) is 8.12. The van der Waals surface area contributed by atoms with Crippen LogP contribution in [0.25, 0.3) is 0 Å². The topological polar surface area (TPSA) is 51.2 Å². The fourth-order valence-corrected chi connectivity index (χ4v) is 6.56. The zero-order chi connectivity index (χ0) is 16.1. The summed E-state index contributed by atoms with van der Waals surface area (Å²) in [6, 6.07) is 0. The summed E-state index contributed by atoms with van der Waals surface area (Å²) in [7, 11) is 0. The van der Waals surface area contributed by atoms with Crippen LogP contribution < -0.4 is 0 Å². The summed E-state index contributed by atoms with van der Waals surface area (Å²) in [4.78, 5) is 32.9. The molecule has 0 radical (unpaired) electrons. The van der Waals surface area contributed by atoms with E-state index in [1.807, 2.05) is 0 Å². The molecule has 0 unspecified atom stereocenters. The Morgan fingerprint density at radius 1 is 0.905 bits per heavy atom. The van der Waals surface area contributed by atoms with Crippen molar-refractivity contribution in [3.63, 3.8) is 0 Å². The molecule has 9 heteroatoms. The number of fused-ring (bicyclic) bond motifs is 5. The third kappa shape index (κ3) is 1.41. The predicted octanol–water partition coefficient (Wildman–Crippen LogP) is 3.42. The molecule has 3 aliphatic carbocycles. The van der Waals surface area contributed by atoms with Gasteiger partial charge in [-0.2, -0.15) is 0 Å². The zero-order valence-electron chi connectivity index (χ0n) is 10.2. The maximum absolute atomic E-state index is 12.5. The fourth-order valence-electron chi connectivity index (χ4n) is 3.60. The molecule has 0 aromatic carbocycles. The van der Waals surface area contributed by atoms with Gasteiger partial charge in [0.2, 0.25) is 0 Å². The Bertz CT molecular complexity index is 609. The van der Waals surface area contributed by atoms with Crippen LogP contribution in [-0.4, -0.2) is 31.4 Å². The van der Waals surface area contributed by atoms with Crippen LogP contribution in [0.5, 0.6) is 0 Å². The molecule has 21 heavy (non-hydrogen) atoms. The summed E-state index contributed by atoms with van der Waals surface area (Å²) in [6.45, 7) is 1.15. The molecule has 4 atom stereocenters. The van der Waals surface area contributed by atoms with Crippen molar-refractivity contribution < 1.29 is 14.4 Å². The van der Waals surface area contributed by atoms with E-state index in [1.54, 1.807) is 0 Å². The van der Waals surface area contributed by atoms with Gasteiger partial charge < -0.3 is 0 Å². The van der Waals surface area contributed by atoms with Gasteiger partial charge >= 0.3 is 0 Å². The SMILES string of the molecule is CC(=O)C1C(=O)[C@H]2[C@H](C1=O)[C@@]1(Cl)C(Cl)=C(Cl)[C@@]2(Cl)C1(Cl)Cl. The Morgan fingerprint density at radius 2 is 1.24 bits per heavy atom. The molecule has 114 valence electrons. The molecule has 3 aliphatic rings. The number of hydrogen-bond donors (Lipinski definition) is 0. The molecular formula is C12H6Cl6O3. The van der Waals surface area contributed by atoms with Crippen LogP contribution in [0.15, 0.2) is 10.1 Å². The predicted molar refractivity (Wildman–Crippen MR) is 81.5 cm³/mol. The van der Waals surface area contributed by atoms with E-state index in [4.69, 9.17) is 69.6 Å². The molecule has 2 saturated carbocycles. The molecule has 3 nitrogen and oxygen atoms in total. The highest BCUT2D eigenvalue weighted by molar-refractivity contribution is 6.67. The third-order valence-corrected chi connectivity index (χ3v) is 8.78. The van der Waals surface area contributed by atoms with Crippen LogP contribution in [0.4, 0.5) is 0 Å².